The molecule has 0 fully saturated rings. The van der Waals surface area contributed by atoms with Gasteiger partial charge in [-0.15, -0.1) is 0 Å². The zero-order chi connectivity index (χ0) is 15.5. The van der Waals surface area contributed by atoms with Gasteiger partial charge < -0.3 is 5.32 Å². The zero-order valence-corrected chi connectivity index (χ0v) is 11.8. The summed E-state index contributed by atoms with van der Waals surface area (Å²) in [5.74, 6) is -0.0223. The van der Waals surface area contributed by atoms with Gasteiger partial charge in [0.1, 0.15) is 0 Å². The molecule has 0 saturated carbocycles. The molecule has 0 aliphatic carbocycles. The van der Waals surface area contributed by atoms with Crippen LogP contribution < -0.4 is 5.32 Å². The molecule has 2 aromatic rings. The standard InChI is InChI=1S/C13H16F3N5/c1-3-5-17-12-19-10(6-11(20-12)13(14,15)16)9-7-18-21(4-2)8-9/h6-8H,3-5H2,1-2H3,(H,17,19,20). The first-order valence-corrected chi connectivity index (χ1v) is 6.67. The molecule has 0 radical (unpaired) electrons. The Morgan fingerprint density at radius 3 is 2.57 bits per heavy atom. The predicted molar refractivity (Wildman–Crippen MR) is 72.7 cm³/mol. The average Bonchev–Trinajstić information content (AvgIpc) is 2.93. The second-order valence-electron chi connectivity index (χ2n) is 4.47. The van der Waals surface area contributed by atoms with Gasteiger partial charge in [-0.1, -0.05) is 6.92 Å². The number of hydrogen-bond acceptors (Lipinski definition) is 4. The van der Waals surface area contributed by atoms with Crippen molar-refractivity contribution in [2.45, 2.75) is 33.0 Å². The third-order valence-electron chi connectivity index (χ3n) is 2.80. The summed E-state index contributed by atoms with van der Waals surface area (Å²) in [4.78, 5) is 7.65. The molecule has 2 rings (SSSR count). The van der Waals surface area contributed by atoms with Crippen molar-refractivity contribution in [3.63, 3.8) is 0 Å². The number of anilines is 1. The lowest BCUT2D eigenvalue weighted by Crippen LogP contribution is -2.13. The van der Waals surface area contributed by atoms with Gasteiger partial charge in [0, 0.05) is 24.8 Å². The molecular formula is C13H16F3N5. The molecule has 0 spiro atoms. The van der Waals surface area contributed by atoms with Crippen molar-refractivity contribution in [2.75, 3.05) is 11.9 Å². The third-order valence-corrected chi connectivity index (χ3v) is 2.80. The van der Waals surface area contributed by atoms with E-state index in [1.807, 2.05) is 13.8 Å². The summed E-state index contributed by atoms with van der Waals surface area (Å²) in [6.45, 7) is 4.95. The molecule has 0 atom stereocenters. The molecule has 0 aromatic carbocycles. The summed E-state index contributed by atoms with van der Waals surface area (Å²) in [6, 6.07) is 0.939. The molecule has 0 aliphatic heterocycles. The lowest BCUT2D eigenvalue weighted by atomic mass is 10.2. The smallest absolute Gasteiger partial charge is 0.354 e. The van der Waals surface area contributed by atoms with Crippen LogP contribution in [0.2, 0.25) is 0 Å². The van der Waals surface area contributed by atoms with Crippen LogP contribution in [0.1, 0.15) is 26.0 Å². The van der Waals surface area contributed by atoms with Crippen molar-refractivity contribution < 1.29 is 13.2 Å². The van der Waals surface area contributed by atoms with E-state index in [-0.39, 0.29) is 11.6 Å². The van der Waals surface area contributed by atoms with Gasteiger partial charge in [-0.05, 0) is 19.4 Å². The van der Waals surface area contributed by atoms with E-state index in [1.165, 1.54) is 6.20 Å². The maximum absolute atomic E-state index is 12.9. The van der Waals surface area contributed by atoms with Crippen LogP contribution in [-0.2, 0) is 12.7 Å². The van der Waals surface area contributed by atoms with E-state index < -0.39 is 11.9 Å². The number of halogens is 3. The van der Waals surface area contributed by atoms with E-state index >= 15 is 0 Å². The number of aromatic nitrogens is 4. The molecule has 114 valence electrons. The van der Waals surface area contributed by atoms with E-state index in [2.05, 4.69) is 20.4 Å². The molecule has 0 saturated heterocycles. The molecule has 0 bridgehead atoms. The topological polar surface area (TPSA) is 55.6 Å². The monoisotopic (exact) mass is 299 g/mol. The van der Waals surface area contributed by atoms with Crippen LogP contribution in [-0.4, -0.2) is 26.3 Å². The maximum Gasteiger partial charge on any atom is 0.433 e. The third kappa shape index (κ3) is 3.71. The van der Waals surface area contributed by atoms with Crippen molar-refractivity contribution in [1.82, 2.24) is 19.7 Å². The van der Waals surface area contributed by atoms with Gasteiger partial charge in [0.15, 0.2) is 5.69 Å². The number of nitrogens with zero attached hydrogens (tertiary/aromatic N) is 4. The molecule has 0 aliphatic rings. The van der Waals surface area contributed by atoms with Crippen molar-refractivity contribution >= 4 is 5.95 Å². The number of rotatable bonds is 5. The molecule has 2 heterocycles. The fourth-order valence-electron chi connectivity index (χ4n) is 1.72. The highest BCUT2D eigenvalue weighted by Gasteiger charge is 2.33. The van der Waals surface area contributed by atoms with Crippen LogP contribution in [0.15, 0.2) is 18.5 Å². The van der Waals surface area contributed by atoms with E-state index in [1.54, 1.807) is 10.9 Å². The molecule has 8 heteroatoms. The minimum Gasteiger partial charge on any atom is -0.354 e. The number of aryl methyl sites for hydroxylation is 1. The van der Waals surface area contributed by atoms with Crippen molar-refractivity contribution in [3.05, 3.63) is 24.2 Å². The van der Waals surface area contributed by atoms with E-state index in [0.717, 1.165) is 12.5 Å². The average molecular weight is 299 g/mol. The quantitative estimate of drug-likeness (QED) is 0.921. The molecule has 0 amide bonds. The Kier molecular flexibility index (Phi) is 4.44. The zero-order valence-electron chi connectivity index (χ0n) is 11.8. The van der Waals surface area contributed by atoms with Crippen LogP contribution in [0, 0.1) is 0 Å². The van der Waals surface area contributed by atoms with Gasteiger partial charge in [0.05, 0.1) is 11.9 Å². The first kappa shape index (κ1) is 15.3. The molecule has 1 N–H and O–H groups in total. The summed E-state index contributed by atoms with van der Waals surface area (Å²) in [5.41, 5.74) is -0.227. The number of nitrogens with one attached hydrogen (secondary N) is 1. The second-order valence-corrected chi connectivity index (χ2v) is 4.47. The van der Waals surface area contributed by atoms with Gasteiger partial charge in [-0.2, -0.15) is 18.3 Å². The largest absolute Gasteiger partial charge is 0.433 e. The lowest BCUT2D eigenvalue weighted by Gasteiger charge is -2.10. The lowest BCUT2D eigenvalue weighted by molar-refractivity contribution is -0.141. The second kappa shape index (κ2) is 6.11. The maximum atomic E-state index is 12.9. The normalized spacial score (nSPS) is 11.7. The minimum atomic E-state index is -4.51. The minimum absolute atomic E-state index is 0.0223. The first-order valence-electron chi connectivity index (χ1n) is 6.67. The summed E-state index contributed by atoms with van der Waals surface area (Å²) >= 11 is 0. The Morgan fingerprint density at radius 1 is 1.24 bits per heavy atom. The Morgan fingerprint density at radius 2 is 2.00 bits per heavy atom. The highest BCUT2D eigenvalue weighted by Crippen LogP contribution is 2.31. The fourth-order valence-corrected chi connectivity index (χ4v) is 1.72. The molecule has 21 heavy (non-hydrogen) atoms. The van der Waals surface area contributed by atoms with Gasteiger partial charge in [-0.25, -0.2) is 9.97 Å². The van der Waals surface area contributed by atoms with Crippen molar-refractivity contribution in [2.24, 2.45) is 0 Å². The summed E-state index contributed by atoms with van der Waals surface area (Å²) in [7, 11) is 0. The number of hydrogen-bond donors (Lipinski definition) is 1. The fraction of sp³-hybridized carbons (Fsp3) is 0.462. The molecule has 2 aromatic heterocycles. The Balaban J connectivity index is 2.43. The van der Waals surface area contributed by atoms with Crippen LogP contribution in [0.25, 0.3) is 11.3 Å². The van der Waals surface area contributed by atoms with Crippen LogP contribution in [0.4, 0.5) is 19.1 Å². The van der Waals surface area contributed by atoms with Gasteiger partial charge in [0.2, 0.25) is 5.95 Å². The Hall–Kier alpha value is -2.12. The van der Waals surface area contributed by atoms with Gasteiger partial charge >= 0.3 is 6.18 Å². The summed E-state index contributed by atoms with van der Waals surface area (Å²) in [6.07, 6.45) is -0.592. The highest BCUT2D eigenvalue weighted by molar-refractivity contribution is 5.59. The van der Waals surface area contributed by atoms with Crippen LogP contribution in [0.3, 0.4) is 0 Å². The van der Waals surface area contributed by atoms with Crippen molar-refractivity contribution in [1.29, 1.82) is 0 Å². The van der Waals surface area contributed by atoms with Crippen LogP contribution >= 0.6 is 0 Å². The van der Waals surface area contributed by atoms with E-state index in [0.29, 0.717) is 18.7 Å². The SMILES string of the molecule is CCCNc1nc(-c2cnn(CC)c2)cc(C(F)(F)F)n1. The number of alkyl halides is 3. The predicted octanol–water partition coefficient (Wildman–Crippen LogP) is 3.20. The van der Waals surface area contributed by atoms with E-state index in [9.17, 15) is 13.2 Å². The molecule has 0 unspecified atom stereocenters. The van der Waals surface area contributed by atoms with Gasteiger partial charge in [0.25, 0.3) is 0 Å². The Labute approximate surface area is 120 Å². The van der Waals surface area contributed by atoms with Crippen molar-refractivity contribution in [3.8, 4) is 11.3 Å². The summed E-state index contributed by atoms with van der Waals surface area (Å²) in [5, 5.41) is 6.84. The molecular weight excluding hydrogens is 283 g/mol. The Bertz CT molecular complexity index is 606. The summed E-state index contributed by atoms with van der Waals surface area (Å²) < 4.78 is 40.4. The molecule has 5 nitrogen and oxygen atoms in total. The first-order chi connectivity index (χ1) is 9.94. The highest BCUT2D eigenvalue weighted by atomic mass is 19.4. The van der Waals surface area contributed by atoms with Gasteiger partial charge in [-0.3, -0.25) is 4.68 Å². The van der Waals surface area contributed by atoms with E-state index in [4.69, 9.17) is 0 Å². The van der Waals surface area contributed by atoms with Crippen LogP contribution in [0.5, 0.6) is 0 Å².